The average Bonchev–Trinajstić information content (AvgIpc) is 2.81. The molecule has 0 atom stereocenters. The van der Waals surface area contributed by atoms with Crippen LogP contribution in [0, 0.1) is 0 Å². The van der Waals surface area contributed by atoms with E-state index in [0.717, 1.165) is 18.5 Å². The summed E-state index contributed by atoms with van der Waals surface area (Å²) >= 11 is 0. The Morgan fingerprint density at radius 2 is 2.25 bits per heavy atom. The maximum atomic E-state index is 11.6. The molecule has 0 radical (unpaired) electrons. The molecule has 4 nitrogen and oxygen atoms in total. The molecule has 1 heterocycles. The van der Waals surface area contributed by atoms with Gasteiger partial charge in [-0.3, -0.25) is 4.79 Å². The molecule has 1 aliphatic carbocycles. The van der Waals surface area contributed by atoms with Crippen LogP contribution in [0.1, 0.15) is 44.2 Å². The Morgan fingerprint density at radius 1 is 1.44 bits per heavy atom. The third kappa shape index (κ3) is 3.36. The van der Waals surface area contributed by atoms with Crippen molar-refractivity contribution in [1.29, 1.82) is 0 Å². The first kappa shape index (κ1) is 11.2. The molecule has 0 aliphatic heterocycles. The number of oxazole rings is 1. The molecule has 0 aromatic carbocycles. The first-order valence-corrected chi connectivity index (χ1v) is 6.01. The van der Waals surface area contributed by atoms with Crippen LogP contribution in [0.2, 0.25) is 0 Å². The zero-order valence-electron chi connectivity index (χ0n) is 9.45. The lowest BCUT2D eigenvalue weighted by Crippen LogP contribution is -2.36. The van der Waals surface area contributed by atoms with Crippen molar-refractivity contribution in [3.05, 3.63) is 18.4 Å². The summed E-state index contributed by atoms with van der Waals surface area (Å²) in [5.41, 5.74) is 0.846. The molecular formula is C12H18N2O2. The van der Waals surface area contributed by atoms with Gasteiger partial charge in [0, 0.05) is 18.9 Å². The van der Waals surface area contributed by atoms with Gasteiger partial charge in [0.1, 0.15) is 6.26 Å². The van der Waals surface area contributed by atoms with E-state index in [9.17, 15) is 4.79 Å². The van der Waals surface area contributed by atoms with Gasteiger partial charge in [-0.15, -0.1) is 0 Å². The van der Waals surface area contributed by atoms with Gasteiger partial charge in [0.05, 0.1) is 5.69 Å². The van der Waals surface area contributed by atoms with Gasteiger partial charge < -0.3 is 9.73 Å². The highest BCUT2D eigenvalue weighted by Crippen LogP contribution is 2.17. The van der Waals surface area contributed by atoms with E-state index in [-0.39, 0.29) is 5.91 Å². The van der Waals surface area contributed by atoms with Crippen LogP contribution in [-0.2, 0) is 11.2 Å². The molecule has 0 unspecified atom stereocenters. The van der Waals surface area contributed by atoms with Crippen LogP contribution in [0.4, 0.5) is 0 Å². The number of carbonyl (C=O) groups is 1. The monoisotopic (exact) mass is 222 g/mol. The Morgan fingerprint density at radius 3 is 2.94 bits per heavy atom. The zero-order chi connectivity index (χ0) is 11.2. The molecule has 0 bridgehead atoms. The van der Waals surface area contributed by atoms with E-state index in [0.29, 0.717) is 18.9 Å². The second-order valence-corrected chi connectivity index (χ2v) is 4.38. The molecule has 1 aromatic heterocycles. The van der Waals surface area contributed by atoms with Crippen molar-refractivity contribution in [3.63, 3.8) is 0 Å². The van der Waals surface area contributed by atoms with E-state index in [1.165, 1.54) is 25.7 Å². The maximum Gasteiger partial charge on any atom is 0.220 e. The number of aromatic nitrogens is 1. The first-order chi connectivity index (χ1) is 7.84. The summed E-state index contributed by atoms with van der Waals surface area (Å²) in [6, 6.07) is 0.401. The second-order valence-electron chi connectivity index (χ2n) is 4.38. The number of carbonyl (C=O) groups excluding carboxylic acids is 1. The summed E-state index contributed by atoms with van der Waals surface area (Å²) in [7, 11) is 0. The van der Waals surface area contributed by atoms with Crippen molar-refractivity contribution in [2.24, 2.45) is 0 Å². The van der Waals surface area contributed by atoms with Crippen molar-refractivity contribution < 1.29 is 9.21 Å². The summed E-state index contributed by atoms with van der Waals surface area (Å²) < 4.78 is 4.85. The second kappa shape index (κ2) is 5.68. The van der Waals surface area contributed by atoms with Gasteiger partial charge in [0.15, 0.2) is 6.39 Å². The van der Waals surface area contributed by atoms with E-state index in [4.69, 9.17) is 4.42 Å². The highest BCUT2D eigenvalue weighted by molar-refractivity contribution is 5.76. The molecule has 88 valence electrons. The van der Waals surface area contributed by atoms with Crippen molar-refractivity contribution in [2.45, 2.75) is 51.0 Å². The Balaban J connectivity index is 1.67. The molecule has 1 amide bonds. The van der Waals surface area contributed by atoms with Crippen LogP contribution < -0.4 is 5.32 Å². The van der Waals surface area contributed by atoms with Gasteiger partial charge in [-0.2, -0.15) is 0 Å². The molecule has 1 aromatic rings. The summed E-state index contributed by atoms with van der Waals surface area (Å²) in [4.78, 5) is 15.6. The highest BCUT2D eigenvalue weighted by atomic mass is 16.3. The van der Waals surface area contributed by atoms with E-state index in [2.05, 4.69) is 10.3 Å². The lowest BCUT2D eigenvalue weighted by molar-refractivity contribution is -0.122. The van der Waals surface area contributed by atoms with Crippen molar-refractivity contribution >= 4 is 5.91 Å². The molecule has 1 fully saturated rings. The maximum absolute atomic E-state index is 11.6. The molecule has 0 saturated heterocycles. The Hall–Kier alpha value is -1.32. The molecular weight excluding hydrogens is 204 g/mol. The van der Waals surface area contributed by atoms with Gasteiger partial charge in [0.25, 0.3) is 0 Å². The van der Waals surface area contributed by atoms with E-state index in [1.54, 1.807) is 6.26 Å². The SMILES string of the molecule is O=C(CCc1cocn1)NC1CCCCC1. The summed E-state index contributed by atoms with van der Waals surface area (Å²) in [5.74, 6) is 0.134. The van der Waals surface area contributed by atoms with Gasteiger partial charge >= 0.3 is 0 Å². The van der Waals surface area contributed by atoms with Gasteiger partial charge in [-0.25, -0.2) is 4.98 Å². The summed E-state index contributed by atoms with van der Waals surface area (Å²) in [6.07, 6.45) is 10.2. The van der Waals surface area contributed by atoms with Crippen LogP contribution >= 0.6 is 0 Å². The predicted octanol–water partition coefficient (Wildman–Crippen LogP) is 2.06. The van der Waals surface area contributed by atoms with Gasteiger partial charge in [-0.1, -0.05) is 19.3 Å². The third-order valence-electron chi connectivity index (χ3n) is 3.06. The summed E-state index contributed by atoms with van der Waals surface area (Å²) in [5, 5.41) is 3.08. The normalized spacial score (nSPS) is 17.2. The Kier molecular flexibility index (Phi) is 3.97. The summed E-state index contributed by atoms with van der Waals surface area (Å²) in [6.45, 7) is 0. The van der Waals surface area contributed by atoms with E-state index < -0.39 is 0 Å². The highest BCUT2D eigenvalue weighted by Gasteiger charge is 2.15. The van der Waals surface area contributed by atoms with Crippen LogP contribution in [0.3, 0.4) is 0 Å². The number of amides is 1. The average molecular weight is 222 g/mol. The van der Waals surface area contributed by atoms with E-state index in [1.807, 2.05) is 0 Å². The van der Waals surface area contributed by atoms with Crippen LogP contribution in [0.5, 0.6) is 0 Å². The number of hydrogen-bond donors (Lipinski definition) is 1. The Bertz CT molecular complexity index is 316. The van der Waals surface area contributed by atoms with Crippen molar-refractivity contribution in [3.8, 4) is 0 Å². The smallest absolute Gasteiger partial charge is 0.220 e. The van der Waals surface area contributed by atoms with Crippen LogP contribution in [0.25, 0.3) is 0 Å². The largest absolute Gasteiger partial charge is 0.451 e. The lowest BCUT2D eigenvalue weighted by Gasteiger charge is -2.22. The fourth-order valence-electron chi connectivity index (χ4n) is 2.15. The van der Waals surface area contributed by atoms with Crippen LogP contribution in [0.15, 0.2) is 17.1 Å². The van der Waals surface area contributed by atoms with Gasteiger partial charge in [0.2, 0.25) is 5.91 Å². The van der Waals surface area contributed by atoms with Crippen molar-refractivity contribution in [2.75, 3.05) is 0 Å². The third-order valence-corrected chi connectivity index (χ3v) is 3.06. The predicted molar refractivity (Wildman–Crippen MR) is 59.8 cm³/mol. The lowest BCUT2D eigenvalue weighted by atomic mass is 9.95. The minimum absolute atomic E-state index is 0.134. The molecule has 1 saturated carbocycles. The topological polar surface area (TPSA) is 55.1 Å². The fraction of sp³-hybridized carbons (Fsp3) is 0.667. The standard InChI is InChI=1S/C12H18N2O2/c15-12(7-6-11-8-16-9-13-11)14-10-4-2-1-3-5-10/h8-10H,1-7H2,(H,14,15). The van der Waals surface area contributed by atoms with Crippen molar-refractivity contribution in [1.82, 2.24) is 10.3 Å². The zero-order valence-corrected chi connectivity index (χ0v) is 9.45. The molecule has 1 aliphatic rings. The number of nitrogens with zero attached hydrogens (tertiary/aromatic N) is 1. The minimum atomic E-state index is 0.134. The minimum Gasteiger partial charge on any atom is -0.451 e. The first-order valence-electron chi connectivity index (χ1n) is 6.01. The van der Waals surface area contributed by atoms with E-state index >= 15 is 0 Å². The Labute approximate surface area is 95.4 Å². The molecule has 1 N–H and O–H groups in total. The quantitative estimate of drug-likeness (QED) is 0.848. The van der Waals surface area contributed by atoms with Crippen LogP contribution in [-0.4, -0.2) is 16.9 Å². The molecule has 4 heteroatoms. The number of nitrogens with one attached hydrogen (secondary N) is 1. The molecule has 0 spiro atoms. The fourth-order valence-corrected chi connectivity index (χ4v) is 2.15. The molecule has 16 heavy (non-hydrogen) atoms. The number of aryl methyl sites for hydroxylation is 1. The number of rotatable bonds is 4. The number of hydrogen-bond acceptors (Lipinski definition) is 3. The molecule has 2 rings (SSSR count). The van der Waals surface area contributed by atoms with Gasteiger partial charge in [-0.05, 0) is 12.8 Å².